The van der Waals surface area contributed by atoms with E-state index in [2.05, 4.69) is 58.3 Å². The Morgan fingerprint density at radius 2 is 1.60 bits per heavy atom. The van der Waals surface area contributed by atoms with Crippen molar-refractivity contribution < 1.29 is 29.3 Å². The van der Waals surface area contributed by atoms with Crippen LogP contribution in [0.3, 0.4) is 0 Å². The van der Waals surface area contributed by atoms with Gasteiger partial charge in [-0.3, -0.25) is 19.3 Å². The van der Waals surface area contributed by atoms with Crippen LogP contribution < -0.4 is 0 Å². The van der Waals surface area contributed by atoms with E-state index in [4.69, 9.17) is 4.74 Å². The first-order valence-corrected chi connectivity index (χ1v) is 22.5. The molecule has 6 fully saturated rings. The molecule has 8 heteroatoms. The summed E-state index contributed by atoms with van der Waals surface area (Å²) in [5.41, 5.74) is 0.763. The van der Waals surface area contributed by atoms with E-state index in [1.165, 1.54) is 44.3 Å². The van der Waals surface area contributed by atoms with E-state index >= 15 is 0 Å². The molecule has 1 heterocycles. The van der Waals surface area contributed by atoms with Crippen molar-refractivity contribution >= 4 is 17.7 Å². The van der Waals surface area contributed by atoms with E-state index in [0.717, 1.165) is 82.5 Å². The van der Waals surface area contributed by atoms with Gasteiger partial charge in [-0.1, -0.05) is 54.0 Å². The van der Waals surface area contributed by atoms with Crippen molar-refractivity contribution in [2.24, 2.45) is 62.1 Å². The maximum Gasteiger partial charge on any atom is 0.309 e. The number of hydrogen-bond donors (Lipinski definition) is 2. The maximum atomic E-state index is 14.3. The molecule has 2 unspecified atom stereocenters. The number of carboxylic acid groups (broad SMARTS) is 1. The number of carboxylic acids is 1. The Balaban J connectivity index is 1.14. The molecule has 0 aromatic carbocycles. The molecule has 0 aromatic rings. The first-order chi connectivity index (χ1) is 25.7. The largest absolute Gasteiger partial charge is 0.481 e. The molecule has 1 saturated heterocycles. The topological polar surface area (TPSA) is 107 Å². The molecule has 0 amide bonds. The molecule has 55 heavy (non-hydrogen) atoms. The van der Waals surface area contributed by atoms with Gasteiger partial charge >= 0.3 is 11.9 Å². The molecule has 0 spiro atoms. The average Bonchev–Trinajstić information content (AvgIpc) is 3.63. The molecule has 0 bridgehead atoms. The zero-order valence-electron chi connectivity index (χ0n) is 36.1. The lowest BCUT2D eigenvalue weighted by Gasteiger charge is -2.72. The molecule has 8 nitrogen and oxygen atoms in total. The van der Waals surface area contributed by atoms with Crippen LogP contribution in [0, 0.1) is 62.1 Å². The van der Waals surface area contributed by atoms with E-state index < -0.39 is 28.9 Å². The number of nitrogens with zero attached hydrogens (tertiary/aromatic N) is 2. The van der Waals surface area contributed by atoms with Crippen molar-refractivity contribution in [2.75, 3.05) is 39.3 Å². The van der Waals surface area contributed by atoms with Gasteiger partial charge in [0.15, 0.2) is 5.78 Å². The molecule has 0 aromatic heterocycles. The van der Waals surface area contributed by atoms with Crippen molar-refractivity contribution in [3.63, 3.8) is 0 Å². The van der Waals surface area contributed by atoms with Crippen LogP contribution in [0.2, 0.25) is 0 Å². The van der Waals surface area contributed by atoms with Crippen LogP contribution >= 0.6 is 0 Å². The molecule has 6 aliphatic carbocycles. The van der Waals surface area contributed by atoms with E-state index in [9.17, 15) is 24.6 Å². The van der Waals surface area contributed by atoms with Gasteiger partial charge in [0.05, 0.1) is 17.9 Å². The summed E-state index contributed by atoms with van der Waals surface area (Å²) in [5.74, 6) is 1.01. The van der Waals surface area contributed by atoms with Crippen LogP contribution in [0.25, 0.3) is 0 Å². The third-order valence-electron chi connectivity index (χ3n) is 18.1. The molecule has 0 radical (unpaired) electrons. The molecule has 1 aliphatic heterocycles. The van der Waals surface area contributed by atoms with Gasteiger partial charge in [0.2, 0.25) is 0 Å². The van der Waals surface area contributed by atoms with Crippen molar-refractivity contribution in [1.29, 1.82) is 0 Å². The summed E-state index contributed by atoms with van der Waals surface area (Å²) >= 11 is 0. The lowest BCUT2D eigenvalue weighted by molar-refractivity contribution is -0.235. The summed E-state index contributed by atoms with van der Waals surface area (Å²) in [7, 11) is 0. The van der Waals surface area contributed by atoms with Crippen LogP contribution in [0.4, 0.5) is 0 Å². The quantitative estimate of drug-likeness (QED) is 0.180. The van der Waals surface area contributed by atoms with Crippen LogP contribution in [-0.2, 0) is 19.1 Å². The number of esters is 1. The molecule has 7 aliphatic rings. The number of ether oxygens (including phenoxy) is 1. The van der Waals surface area contributed by atoms with Gasteiger partial charge in [0.1, 0.15) is 6.10 Å². The van der Waals surface area contributed by atoms with Crippen molar-refractivity contribution in [2.45, 2.75) is 164 Å². The maximum absolute atomic E-state index is 14.3. The zero-order valence-corrected chi connectivity index (χ0v) is 36.1. The van der Waals surface area contributed by atoms with Gasteiger partial charge in [0, 0.05) is 43.4 Å². The lowest BCUT2D eigenvalue weighted by Crippen LogP contribution is -2.66. The summed E-state index contributed by atoms with van der Waals surface area (Å²) < 4.78 is 6.20. The Bertz CT molecular complexity index is 1540. The average molecular weight is 765 g/mol. The highest BCUT2D eigenvalue weighted by atomic mass is 16.5. The number of hydrogen-bond acceptors (Lipinski definition) is 7. The zero-order chi connectivity index (χ0) is 39.9. The Hall–Kier alpha value is -1.77. The van der Waals surface area contributed by atoms with Crippen molar-refractivity contribution in [3.05, 3.63) is 11.1 Å². The van der Waals surface area contributed by atoms with Crippen molar-refractivity contribution in [3.8, 4) is 0 Å². The minimum atomic E-state index is -1.16. The number of likely N-dealkylation sites (tertiary alicyclic amines) is 1. The molecule has 310 valence electrons. The first-order valence-electron chi connectivity index (χ1n) is 22.5. The van der Waals surface area contributed by atoms with Crippen molar-refractivity contribution in [1.82, 2.24) is 9.80 Å². The number of aliphatic hydroxyl groups is 1. The lowest BCUT2D eigenvalue weighted by atomic mass is 9.33. The third kappa shape index (κ3) is 6.90. The number of Topliss-reactive ketones (excluding diaryl/α,β-unsaturated/α-hetero) is 1. The second-order valence-corrected chi connectivity index (χ2v) is 22.3. The van der Waals surface area contributed by atoms with Gasteiger partial charge in [-0.05, 0) is 155 Å². The second kappa shape index (κ2) is 14.5. The Morgan fingerprint density at radius 3 is 2.24 bits per heavy atom. The predicted octanol–water partition coefficient (Wildman–Crippen LogP) is 8.55. The summed E-state index contributed by atoms with van der Waals surface area (Å²) in [6.45, 7) is 26.1. The number of allylic oxidation sites excluding steroid dienone is 1. The van der Waals surface area contributed by atoms with Gasteiger partial charge in [-0.15, -0.1) is 0 Å². The first kappa shape index (κ1) is 41.4. The third-order valence-corrected chi connectivity index (χ3v) is 18.1. The second-order valence-electron chi connectivity index (χ2n) is 22.3. The Morgan fingerprint density at radius 1 is 0.909 bits per heavy atom. The predicted molar refractivity (Wildman–Crippen MR) is 216 cm³/mol. The highest BCUT2D eigenvalue weighted by molar-refractivity contribution is 6.00. The molecular weight excluding hydrogens is 689 g/mol. The molecule has 5 saturated carbocycles. The highest BCUT2D eigenvalue weighted by Gasteiger charge is 2.71. The summed E-state index contributed by atoms with van der Waals surface area (Å²) in [4.78, 5) is 44.4. The summed E-state index contributed by atoms with van der Waals surface area (Å²) in [6, 6.07) is 0. The van der Waals surface area contributed by atoms with E-state index in [1.807, 2.05) is 0 Å². The van der Waals surface area contributed by atoms with Crippen LogP contribution in [0.1, 0.15) is 152 Å². The number of aliphatic carboxylic acids is 1. The standard InChI is InChI=1S/C47H76N2O6/c1-30(2)39-33(50)26-47(36(51)29-49(28-31-12-13-31)25-24-48-22-10-11-23-48)21-20-45(8)32(40(39)47)14-15-35-44(7)18-17-37(55-38(52)27-42(3,4)41(53)54)43(5,6)34(44)16-19-46(35,45)9/h30-32,34-37,51H,10-29H2,1-9H3,(H,53,54)/t32-,34+,35-,36?,37+,44+,45-,46-,47?/m1/s1. The number of ketones is 1. The highest BCUT2D eigenvalue weighted by Crippen LogP contribution is 2.77. The Kier molecular flexibility index (Phi) is 10.9. The monoisotopic (exact) mass is 765 g/mol. The molecule has 2 N–H and O–H groups in total. The minimum absolute atomic E-state index is 0.0204. The minimum Gasteiger partial charge on any atom is -0.481 e. The van der Waals surface area contributed by atoms with E-state index in [0.29, 0.717) is 36.5 Å². The smallest absolute Gasteiger partial charge is 0.309 e. The Labute approximate surface area is 333 Å². The molecule has 7 rings (SSSR count). The number of aliphatic hydroxyl groups excluding tert-OH is 1. The van der Waals surface area contributed by atoms with Crippen LogP contribution in [-0.4, -0.2) is 89.2 Å². The van der Waals surface area contributed by atoms with E-state index in [1.54, 1.807) is 13.8 Å². The van der Waals surface area contributed by atoms with Crippen LogP contribution in [0.5, 0.6) is 0 Å². The molecular formula is C47H76N2O6. The van der Waals surface area contributed by atoms with Gasteiger partial charge in [-0.2, -0.15) is 0 Å². The fourth-order valence-corrected chi connectivity index (χ4v) is 14.5. The number of carbonyl (C=O) groups excluding carboxylic acids is 2. The summed E-state index contributed by atoms with van der Waals surface area (Å²) in [6.07, 6.45) is 12.9. The molecule has 9 atom stereocenters. The van der Waals surface area contributed by atoms with E-state index in [-0.39, 0.29) is 40.1 Å². The van der Waals surface area contributed by atoms with Crippen LogP contribution in [0.15, 0.2) is 11.1 Å². The number of carbonyl (C=O) groups is 3. The number of rotatable bonds is 13. The fraction of sp³-hybridized carbons (Fsp3) is 0.894. The SMILES string of the molecule is CC(C)C1=C2[C@H]3CC[C@@H]4[C@@]5(C)CC[C@H](OC(=O)CC(C)(C)C(=O)O)C(C)(C)[C@@H]5CC[C@@]4(C)[C@]3(C)CCC2(C(O)CN(CCN2CCCC2)CC2CC2)CC1=O. The van der Waals surface area contributed by atoms with Gasteiger partial charge < -0.3 is 19.8 Å². The normalized spacial score (nSPS) is 39.5. The number of fused-ring (bicyclic) bond motifs is 7. The summed E-state index contributed by atoms with van der Waals surface area (Å²) in [5, 5.41) is 22.3. The van der Waals surface area contributed by atoms with Gasteiger partial charge in [0.25, 0.3) is 0 Å². The van der Waals surface area contributed by atoms with Gasteiger partial charge in [-0.25, -0.2) is 0 Å². The fourth-order valence-electron chi connectivity index (χ4n) is 14.5.